The maximum absolute atomic E-state index is 12.5. The lowest BCUT2D eigenvalue weighted by atomic mass is 10.4. The van der Waals surface area contributed by atoms with E-state index in [1.807, 2.05) is 19.9 Å². The SMILES string of the molecule is CCNCc1ccc(S(=O)(=O)N(CC)CC2CC2)s1. The third kappa shape index (κ3) is 3.78. The van der Waals surface area contributed by atoms with Crippen LogP contribution in [0.3, 0.4) is 0 Å². The number of hydrogen-bond donors (Lipinski definition) is 1. The molecule has 19 heavy (non-hydrogen) atoms. The second-order valence-electron chi connectivity index (χ2n) is 4.90. The summed E-state index contributed by atoms with van der Waals surface area (Å²) in [4.78, 5) is 1.07. The first-order valence-corrected chi connectivity index (χ1v) is 9.13. The number of sulfonamides is 1. The van der Waals surface area contributed by atoms with Crippen LogP contribution in [0.2, 0.25) is 0 Å². The van der Waals surface area contributed by atoms with Crippen LogP contribution < -0.4 is 5.32 Å². The topological polar surface area (TPSA) is 49.4 Å². The minimum absolute atomic E-state index is 0.475. The largest absolute Gasteiger partial charge is 0.312 e. The van der Waals surface area contributed by atoms with Crippen molar-refractivity contribution in [3.8, 4) is 0 Å². The molecule has 0 aliphatic heterocycles. The summed E-state index contributed by atoms with van der Waals surface area (Å²) in [6, 6.07) is 3.65. The molecule has 0 bridgehead atoms. The minimum atomic E-state index is -3.29. The molecule has 108 valence electrons. The summed E-state index contributed by atoms with van der Waals surface area (Å²) in [6.07, 6.45) is 2.34. The Balaban J connectivity index is 2.10. The van der Waals surface area contributed by atoms with Crippen molar-refractivity contribution in [2.45, 2.75) is 37.4 Å². The smallest absolute Gasteiger partial charge is 0.252 e. The standard InChI is InChI=1S/C13H22N2O2S2/c1-3-14-9-12-7-8-13(18-12)19(16,17)15(4-2)10-11-5-6-11/h7-8,11,14H,3-6,9-10H2,1-2H3. The number of nitrogens with zero attached hydrogens (tertiary/aromatic N) is 1. The van der Waals surface area contributed by atoms with Crippen LogP contribution in [-0.2, 0) is 16.6 Å². The molecule has 1 N–H and O–H groups in total. The zero-order chi connectivity index (χ0) is 13.9. The molecule has 0 atom stereocenters. The summed E-state index contributed by atoms with van der Waals surface area (Å²) in [5.41, 5.74) is 0. The van der Waals surface area contributed by atoms with E-state index in [4.69, 9.17) is 0 Å². The molecule has 0 radical (unpaired) electrons. The Morgan fingerprint density at radius 3 is 2.68 bits per heavy atom. The average Bonchev–Trinajstić information content (AvgIpc) is 3.08. The van der Waals surface area contributed by atoms with E-state index >= 15 is 0 Å². The quantitative estimate of drug-likeness (QED) is 0.801. The van der Waals surface area contributed by atoms with E-state index in [0.29, 0.717) is 23.2 Å². The van der Waals surface area contributed by atoms with E-state index in [-0.39, 0.29) is 0 Å². The zero-order valence-corrected chi connectivity index (χ0v) is 13.2. The third-order valence-corrected chi connectivity index (χ3v) is 6.79. The molecule has 0 spiro atoms. The molecule has 1 fully saturated rings. The van der Waals surface area contributed by atoms with Crippen LogP contribution in [0.15, 0.2) is 16.3 Å². The van der Waals surface area contributed by atoms with Crippen molar-refractivity contribution < 1.29 is 8.42 Å². The predicted molar refractivity (Wildman–Crippen MR) is 78.9 cm³/mol. The van der Waals surface area contributed by atoms with Crippen molar-refractivity contribution in [1.29, 1.82) is 0 Å². The summed E-state index contributed by atoms with van der Waals surface area (Å²) in [5.74, 6) is 0.580. The molecule has 1 aliphatic carbocycles. The van der Waals surface area contributed by atoms with Crippen molar-refractivity contribution in [2.75, 3.05) is 19.6 Å². The van der Waals surface area contributed by atoms with Crippen LogP contribution >= 0.6 is 11.3 Å². The molecule has 1 aromatic heterocycles. The van der Waals surface area contributed by atoms with E-state index in [0.717, 1.165) is 18.0 Å². The van der Waals surface area contributed by atoms with Crippen molar-refractivity contribution in [1.82, 2.24) is 9.62 Å². The van der Waals surface area contributed by atoms with Gasteiger partial charge in [-0.2, -0.15) is 4.31 Å². The first-order valence-electron chi connectivity index (χ1n) is 6.87. The van der Waals surface area contributed by atoms with Gasteiger partial charge in [-0.05, 0) is 37.4 Å². The Kier molecular flexibility index (Phi) is 5.00. The molecule has 6 heteroatoms. The van der Waals surface area contributed by atoms with Gasteiger partial charge in [0.2, 0.25) is 0 Å². The van der Waals surface area contributed by atoms with E-state index in [2.05, 4.69) is 5.32 Å². The maximum atomic E-state index is 12.5. The van der Waals surface area contributed by atoms with Gasteiger partial charge in [0.1, 0.15) is 4.21 Å². The lowest BCUT2D eigenvalue weighted by Gasteiger charge is -2.19. The van der Waals surface area contributed by atoms with Gasteiger partial charge in [-0.25, -0.2) is 8.42 Å². The average molecular weight is 302 g/mol. The van der Waals surface area contributed by atoms with Crippen LogP contribution in [-0.4, -0.2) is 32.4 Å². The van der Waals surface area contributed by atoms with Crippen LogP contribution in [0.1, 0.15) is 31.6 Å². The Morgan fingerprint density at radius 2 is 2.11 bits per heavy atom. The normalized spacial score (nSPS) is 16.2. The zero-order valence-electron chi connectivity index (χ0n) is 11.6. The Labute approximate surface area is 119 Å². The molecule has 0 amide bonds. The second kappa shape index (κ2) is 6.35. The monoisotopic (exact) mass is 302 g/mol. The first kappa shape index (κ1) is 15.0. The lowest BCUT2D eigenvalue weighted by Crippen LogP contribution is -2.32. The second-order valence-corrected chi connectivity index (χ2v) is 8.23. The maximum Gasteiger partial charge on any atom is 0.252 e. The molecule has 1 aromatic rings. The molecule has 1 aliphatic rings. The number of thiophene rings is 1. The highest BCUT2D eigenvalue weighted by Crippen LogP contribution is 2.32. The molecule has 0 aromatic carbocycles. The van der Waals surface area contributed by atoms with Crippen LogP contribution in [0.25, 0.3) is 0 Å². The Morgan fingerprint density at radius 1 is 1.37 bits per heavy atom. The third-order valence-electron chi connectivity index (χ3n) is 3.29. The molecular weight excluding hydrogens is 280 g/mol. The predicted octanol–water partition coefficient (Wildman–Crippen LogP) is 2.28. The summed E-state index contributed by atoms with van der Waals surface area (Å²) in [6.45, 7) is 6.82. The van der Waals surface area contributed by atoms with Crippen molar-refractivity contribution >= 4 is 21.4 Å². The summed E-state index contributed by atoms with van der Waals surface area (Å²) < 4.78 is 27.2. The fourth-order valence-electron chi connectivity index (χ4n) is 1.95. The van der Waals surface area contributed by atoms with Gasteiger partial charge in [-0.3, -0.25) is 0 Å². The summed E-state index contributed by atoms with van der Waals surface area (Å²) >= 11 is 1.38. The Bertz CT molecular complexity index is 506. The van der Waals surface area contributed by atoms with Gasteiger partial charge in [-0.1, -0.05) is 13.8 Å². The highest BCUT2D eigenvalue weighted by molar-refractivity contribution is 7.91. The van der Waals surface area contributed by atoms with Crippen LogP contribution in [0, 0.1) is 5.92 Å². The summed E-state index contributed by atoms with van der Waals surface area (Å²) in [5, 5.41) is 3.22. The van der Waals surface area contributed by atoms with Crippen molar-refractivity contribution in [3.63, 3.8) is 0 Å². The summed E-state index contributed by atoms with van der Waals surface area (Å²) in [7, 11) is -3.29. The molecule has 1 heterocycles. The van der Waals surface area contributed by atoms with Crippen molar-refractivity contribution in [3.05, 3.63) is 17.0 Å². The fraction of sp³-hybridized carbons (Fsp3) is 0.692. The molecule has 4 nitrogen and oxygen atoms in total. The fourth-order valence-corrected chi connectivity index (χ4v) is 4.96. The van der Waals surface area contributed by atoms with E-state index in [1.54, 1.807) is 10.4 Å². The number of rotatable bonds is 8. The molecule has 1 saturated carbocycles. The first-order chi connectivity index (χ1) is 9.07. The van der Waals surface area contributed by atoms with Crippen molar-refractivity contribution in [2.24, 2.45) is 5.92 Å². The number of nitrogens with one attached hydrogen (secondary N) is 1. The van der Waals surface area contributed by atoms with Gasteiger partial charge >= 0.3 is 0 Å². The van der Waals surface area contributed by atoms with E-state index in [1.165, 1.54) is 24.2 Å². The Hall–Kier alpha value is -0.430. The highest BCUT2D eigenvalue weighted by atomic mass is 32.2. The van der Waals surface area contributed by atoms with Gasteiger partial charge in [0.05, 0.1) is 0 Å². The van der Waals surface area contributed by atoms with Gasteiger partial charge in [0.25, 0.3) is 10.0 Å². The molecular formula is C13H22N2O2S2. The van der Waals surface area contributed by atoms with Gasteiger partial charge < -0.3 is 5.32 Å². The molecule has 2 rings (SSSR count). The highest BCUT2D eigenvalue weighted by Gasteiger charge is 2.31. The van der Waals surface area contributed by atoms with E-state index in [9.17, 15) is 8.42 Å². The van der Waals surface area contributed by atoms with E-state index < -0.39 is 10.0 Å². The minimum Gasteiger partial charge on any atom is -0.312 e. The molecule has 0 unspecified atom stereocenters. The molecule has 0 saturated heterocycles. The van der Waals surface area contributed by atoms with Gasteiger partial charge in [0, 0.05) is 24.5 Å². The van der Waals surface area contributed by atoms with Gasteiger partial charge in [0.15, 0.2) is 0 Å². The van der Waals surface area contributed by atoms with Crippen LogP contribution in [0.4, 0.5) is 0 Å². The number of hydrogen-bond acceptors (Lipinski definition) is 4. The van der Waals surface area contributed by atoms with Gasteiger partial charge in [-0.15, -0.1) is 11.3 Å². The lowest BCUT2D eigenvalue weighted by molar-refractivity contribution is 0.413. The van der Waals surface area contributed by atoms with Crippen LogP contribution in [0.5, 0.6) is 0 Å².